The largest absolute Gasteiger partial charge is 0.497 e. The van der Waals surface area contributed by atoms with E-state index in [9.17, 15) is 4.79 Å². The molecule has 96 valence electrons. The highest BCUT2D eigenvalue weighted by Crippen LogP contribution is 2.18. The van der Waals surface area contributed by atoms with Crippen LogP contribution < -0.4 is 10.1 Å². The number of aromatic amines is 1. The van der Waals surface area contributed by atoms with E-state index in [1.54, 1.807) is 49.8 Å². The Morgan fingerprint density at radius 3 is 2.74 bits per heavy atom. The second-order valence-electron chi connectivity index (χ2n) is 4.06. The van der Waals surface area contributed by atoms with Crippen LogP contribution in [-0.4, -0.2) is 18.0 Å². The van der Waals surface area contributed by atoms with E-state index in [0.29, 0.717) is 17.0 Å². The predicted octanol–water partition coefficient (Wildman–Crippen LogP) is 3.02. The van der Waals surface area contributed by atoms with Crippen molar-refractivity contribution in [1.29, 1.82) is 0 Å². The van der Waals surface area contributed by atoms with Crippen LogP contribution in [0.4, 0.5) is 5.69 Å². The molecule has 0 atom stereocenters. The molecule has 2 aromatic heterocycles. The van der Waals surface area contributed by atoms with Crippen molar-refractivity contribution < 1.29 is 13.9 Å². The molecule has 2 N–H and O–H groups in total. The second-order valence-corrected chi connectivity index (χ2v) is 4.06. The van der Waals surface area contributed by atoms with E-state index in [1.807, 2.05) is 0 Å². The minimum atomic E-state index is -0.212. The number of amides is 1. The Bertz CT molecular complexity index is 681. The molecular weight excluding hydrogens is 244 g/mol. The maximum Gasteiger partial charge on any atom is 0.272 e. The average molecular weight is 256 g/mol. The summed E-state index contributed by atoms with van der Waals surface area (Å²) in [6.45, 7) is 0. The molecule has 0 fully saturated rings. The Morgan fingerprint density at radius 1 is 1.26 bits per heavy atom. The lowest BCUT2D eigenvalue weighted by Gasteiger charge is -2.04. The highest BCUT2D eigenvalue weighted by molar-refractivity contribution is 6.05. The van der Waals surface area contributed by atoms with Crippen LogP contribution in [0.1, 0.15) is 10.5 Å². The number of benzene rings is 1. The lowest BCUT2D eigenvalue weighted by molar-refractivity contribution is 0.102. The number of carbonyl (C=O) groups excluding carboxylic acids is 1. The predicted molar refractivity (Wildman–Crippen MR) is 71.5 cm³/mol. The summed E-state index contributed by atoms with van der Waals surface area (Å²) in [7, 11) is 1.60. The second kappa shape index (κ2) is 4.53. The van der Waals surface area contributed by atoms with Crippen molar-refractivity contribution >= 4 is 22.7 Å². The monoisotopic (exact) mass is 256 g/mol. The van der Waals surface area contributed by atoms with Crippen molar-refractivity contribution in [3.05, 3.63) is 48.4 Å². The minimum Gasteiger partial charge on any atom is -0.497 e. The lowest BCUT2D eigenvalue weighted by atomic mass is 10.3. The molecule has 3 aromatic rings. The van der Waals surface area contributed by atoms with E-state index in [-0.39, 0.29) is 5.91 Å². The normalized spacial score (nSPS) is 10.6. The van der Waals surface area contributed by atoms with Crippen LogP contribution >= 0.6 is 0 Å². The van der Waals surface area contributed by atoms with Crippen LogP contribution in [0, 0.1) is 0 Å². The fraction of sp³-hybridized carbons (Fsp3) is 0.0714. The molecule has 5 nitrogen and oxygen atoms in total. The summed E-state index contributed by atoms with van der Waals surface area (Å²) in [5.74, 6) is 0.534. The van der Waals surface area contributed by atoms with Gasteiger partial charge in [-0.3, -0.25) is 4.79 Å². The zero-order valence-corrected chi connectivity index (χ0v) is 10.3. The fourth-order valence-electron chi connectivity index (χ4n) is 1.84. The van der Waals surface area contributed by atoms with Crippen molar-refractivity contribution in [2.75, 3.05) is 12.4 Å². The van der Waals surface area contributed by atoms with Crippen LogP contribution in [0.15, 0.2) is 47.1 Å². The third-order valence-electron chi connectivity index (χ3n) is 2.83. The number of ether oxygens (including phenoxy) is 1. The van der Waals surface area contributed by atoms with Gasteiger partial charge in [-0.1, -0.05) is 0 Å². The van der Waals surface area contributed by atoms with E-state index < -0.39 is 0 Å². The van der Waals surface area contributed by atoms with Crippen molar-refractivity contribution in [3.8, 4) is 5.75 Å². The van der Waals surface area contributed by atoms with Gasteiger partial charge >= 0.3 is 0 Å². The van der Waals surface area contributed by atoms with Gasteiger partial charge in [0.05, 0.1) is 18.9 Å². The molecule has 2 heterocycles. The zero-order valence-electron chi connectivity index (χ0n) is 10.3. The first-order valence-corrected chi connectivity index (χ1v) is 5.78. The summed E-state index contributed by atoms with van der Waals surface area (Å²) < 4.78 is 10.3. The molecule has 3 rings (SSSR count). The molecule has 1 amide bonds. The van der Waals surface area contributed by atoms with Gasteiger partial charge in [0.15, 0.2) is 5.58 Å². The van der Waals surface area contributed by atoms with Crippen molar-refractivity contribution in [1.82, 2.24) is 4.98 Å². The molecule has 0 saturated carbocycles. The summed E-state index contributed by atoms with van der Waals surface area (Å²) in [4.78, 5) is 15.0. The number of aromatic nitrogens is 1. The van der Waals surface area contributed by atoms with Gasteiger partial charge in [-0.15, -0.1) is 0 Å². The Morgan fingerprint density at radius 2 is 2.05 bits per heavy atom. The van der Waals surface area contributed by atoms with E-state index >= 15 is 0 Å². The first-order chi connectivity index (χ1) is 9.26. The highest BCUT2D eigenvalue weighted by Gasteiger charge is 2.11. The van der Waals surface area contributed by atoms with Crippen LogP contribution in [0.3, 0.4) is 0 Å². The van der Waals surface area contributed by atoms with Gasteiger partial charge in [0.25, 0.3) is 5.91 Å². The van der Waals surface area contributed by atoms with Crippen molar-refractivity contribution in [2.24, 2.45) is 0 Å². The number of furan rings is 1. The number of nitrogens with one attached hydrogen (secondary N) is 2. The summed E-state index contributed by atoms with van der Waals surface area (Å²) in [6.07, 6.45) is 1.58. The molecule has 0 bridgehead atoms. The van der Waals surface area contributed by atoms with Gasteiger partial charge in [-0.25, -0.2) is 0 Å². The first-order valence-electron chi connectivity index (χ1n) is 5.78. The number of anilines is 1. The standard InChI is InChI=1S/C14H12N2O3/c1-18-10-4-2-9(3-5-10)15-14(17)12-8-13-11(16-12)6-7-19-13/h2-8,16H,1H3,(H,15,17). The Labute approximate surface area is 109 Å². The van der Waals surface area contributed by atoms with Gasteiger partial charge in [0, 0.05) is 17.8 Å². The molecular formula is C14H12N2O3. The summed E-state index contributed by atoms with van der Waals surface area (Å²) in [5, 5.41) is 2.79. The van der Waals surface area contributed by atoms with Gasteiger partial charge in [-0.2, -0.15) is 0 Å². The molecule has 0 aliphatic carbocycles. The van der Waals surface area contributed by atoms with Crippen LogP contribution in [-0.2, 0) is 0 Å². The van der Waals surface area contributed by atoms with E-state index in [0.717, 1.165) is 11.3 Å². The van der Waals surface area contributed by atoms with Gasteiger partial charge < -0.3 is 19.5 Å². The number of hydrogen-bond donors (Lipinski definition) is 2. The topological polar surface area (TPSA) is 67.3 Å². The Balaban J connectivity index is 1.78. The van der Waals surface area contributed by atoms with E-state index in [2.05, 4.69) is 10.3 Å². The molecule has 1 aromatic carbocycles. The maximum absolute atomic E-state index is 12.0. The molecule has 19 heavy (non-hydrogen) atoms. The number of rotatable bonds is 3. The molecule has 0 aliphatic rings. The van der Waals surface area contributed by atoms with E-state index in [1.165, 1.54) is 0 Å². The number of methoxy groups -OCH3 is 1. The van der Waals surface area contributed by atoms with Crippen LogP contribution in [0.25, 0.3) is 11.1 Å². The van der Waals surface area contributed by atoms with Gasteiger partial charge in [-0.05, 0) is 24.3 Å². The first kappa shape index (κ1) is 11.4. The smallest absolute Gasteiger partial charge is 0.272 e. The molecule has 5 heteroatoms. The quantitative estimate of drug-likeness (QED) is 0.756. The van der Waals surface area contributed by atoms with Crippen molar-refractivity contribution in [3.63, 3.8) is 0 Å². The maximum atomic E-state index is 12.0. The minimum absolute atomic E-state index is 0.212. The SMILES string of the molecule is COc1ccc(NC(=O)c2cc3occc3[nH]2)cc1. The van der Waals surface area contributed by atoms with Crippen molar-refractivity contribution in [2.45, 2.75) is 0 Å². The summed E-state index contributed by atoms with van der Waals surface area (Å²) in [6, 6.07) is 10.6. The van der Waals surface area contributed by atoms with Gasteiger partial charge in [0.1, 0.15) is 11.4 Å². The number of carbonyl (C=O) groups is 1. The van der Waals surface area contributed by atoms with Crippen LogP contribution in [0.2, 0.25) is 0 Å². The number of H-pyrrole nitrogens is 1. The Kier molecular flexibility index (Phi) is 2.72. The summed E-state index contributed by atoms with van der Waals surface area (Å²) in [5.41, 5.74) is 2.64. The number of fused-ring (bicyclic) bond motifs is 1. The molecule has 0 unspecified atom stereocenters. The lowest BCUT2D eigenvalue weighted by Crippen LogP contribution is -2.12. The number of hydrogen-bond acceptors (Lipinski definition) is 3. The third-order valence-corrected chi connectivity index (χ3v) is 2.83. The molecule has 0 radical (unpaired) electrons. The van der Waals surface area contributed by atoms with Crippen LogP contribution in [0.5, 0.6) is 5.75 Å². The Hall–Kier alpha value is -2.69. The van der Waals surface area contributed by atoms with E-state index in [4.69, 9.17) is 9.15 Å². The molecule has 0 aliphatic heterocycles. The summed E-state index contributed by atoms with van der Waals surface area (Å²) >= 11 is 0. The van der Waals surface area contributed by atoms with Gasteiger partial charge in [0.2, 0.25) is 0 Å². The molecule has 0 spiro atoms. The fourth-order valence-corrected chi connectivity index (χ4v) is 1.84. The molecule has 0 saturated heterocycles. The highest BCUT2D eigenvalue weighted by atomic mass is 16.5. The zero-order chi connectivity index (χ0) is 13.2. The third kappa shape index (κ3) is 2.18. The average Bonchev–Trinajstić information content (AvgIpc) is 3.00.